The first-order chi connectivity index (χ1) is 15.6. The second-order valence-electron chi connectivity index (χ2n) is 7.80. The predicted octanol–water partition coefficient (Wildman–Crippen LogP) is 3.88. The van der Waals surface area contributed by atoms with E-state index < -0.39 is 0 Å². The van der Waals surface area contributed by atoms with Gasteiger partial charge in [0.15, 0.2) is 5.82 Å². The Kier molecular flexibility index (Phi) is 6.01. The van der Waals surface area contributed by atoms with Gasteiger partial charge in [-0.05, 0) is 44.7 Å². The highest BCUT2D eigenvalue weighted by molar-refractivity contribution is 9.18. The molecule has 0 aromatic carbocycles. The average molecular weight is 516 g/mol. The van der Waals surface area contributed by atoms with Crippen LogP contribution in [0.25, 0.3) is 5.78 Å². The number of fused-ring (bicyclic) bond motifs is 2. The van der Waals surface area contributed by atoms with E-state index in [0.717, 1.165) is 36.0 Å². The van der Waals surface area contributed by atoms with E-state index in [9.17, 15) is 4.79 Å². The van der Waals surface area contributed by atoms with Crippen molar-refractivity contribution in [2.75, 3.05) is 0 Å². The highest BCUT2D eigenvalue weighted by atomic mass is 79.9. The molecule has 0 saturated heterocycles. The molecule has 0 saturated carbocycles. The molecule has 4 aromatic rings. The molecule has 4 aromatic heterocycles. The number of unbranched alkanes of at least 4 members (excludes halogenated alkanes) is 2. The van der Waals surface area contributed by atoms with E-state index >= 15 is 0 Å². The lowest BCUT2D eigenvalue weighted by Gasteiger charge is -2.12. The van der Waals surface area contributed by atoms with Crippen molar-refractivity contribution in [2.24, 2.45) is 4.99 Å². The highest BCUT2D eigenvalue weighted by Crippen LogP contribution is 2.28. The van der Waals surface area contributed by atoms with Crippen molar-refractivity contribution < 1.29 is 4.52 Å². The Bertz CT molecular complexity index is 1340. The Balaban J connectivity index is 1.41. The maximum Gasteiger partial charge on any atom is 0.266 e. The molecule has 0 fully saturated rings. The van der Waals surface area contributed by atoms with E-state index in [1.807, 2.05) is 9.95 Å². The third-order valence-electron chi connectivity index (χ3n) is 5.49. The van der Waals surface area contributed by atoms with Gasteiger partial charge in [0.05, 0.1) is 10.2 Å². The molecular weight excluding hydrogens is 494 g/mol. The van der Waals surface area contributed by atoms with Crippen molar-refractivity contribution in [1.29, 1.82) is 0 Å². The van der Waals surface area contributed by atoms with E-state index in [4.69, 9.17) is 4.52 Å². The average Bonchev–Trinajstić information content (AvgIpc) is 3.56. The van der Waals surface area contributed by atoms with Crippen LogP contribution in [0.3, 0.4) is 0 Å². The monoisotopic (exact) mass is 515 g/mol. The lowest BCUT2D eigenvalue weighted by molar-refractivity contribution is 0.373. The minimum Gasteiger partial charge on any atom is -0.339 e. The molecule has 0 aliphatic carbocycles. The Morgan fingerprint density at radius 1 is 1.25 bits per heavy atom. The van der Waals surface area contributed by atoms with E-state index in [1.54, 1.807) is 15.7 Å². The summed E-state index contributed by atoms with van der Waals surface area (Å²) < 4.78 is 9.81. The van der Waals surface area contributed by atoms with Gasteiger partial charge in [-0.15, -0.1) is 10.2 Å². The van der Waals surface area contributed by atoms with Crippen molar-refractivity contribution in [3.8, 4) is 0 Å². The van der Waals surface area contributed by atoms with Crippen molar-refractivity contribution in [3.63, 3.8) is 0 Å². The molecule has 0 atom stereocenters. The zero-order chi connectivity index (χ0) is 22.1. The minimum atomic E-state index is -0.108. The maximum absolute atomic E-state index is 13.2. The fraction of sp³-hybridized carbons (Fsp3) is 0.429. The second-order valence-corrected chi connectivity index (χ2v) is 9.49. The zero-order valence-electron chi connectivity index (χ0n) is 17.6. The first-order valence-electron chi connectivity index (χ1n) is 10.7. The van der Waals surface area contributed by atoms with Gasteiger partial charge in [-0.3, -0.25) is 9.36 Å². The highest BCUT2D eigenvalue weighted by Gasteiger charge is 2.25. The minimum absolute atomic E-state index is 0.108. The largest absolute Gasteiger partial charge is 0.339 e. The van der Waals surface area contributed by atoms with E-state index in [2.05, 4.69) is 59.6 Å². The summed E-state index contributed by atoms with van der Waals surface area (Å²) in [6.45, 7) is 2.91. The molecule has 0 spiro atoms. The topological polar surface area (TPSA) is 103 Å². The van der Waals surface area contributed by atoms with Crippen LogP contribution in [0, 0.1) is 0 Å². The molecule has 166 valence electrons. The van der Waals surface area contributed by atoms with Crippen molar-refractivity contribution in [3.05, 3.63) is 55.8 Å². The molecule has 5 heterocycles. The van der Waals surface area contributed by atoms with Gasteiger partial charge in [0, 0.05) is 32.2 Å². The number of hydrogen-bond donors (Lipinski definition) is 0. The Morgan fingerprint density at radius 3 is 2.97 bits per heavy atom. The van der Waals surface area contributed by atoms with Gasteiger partial charge < -0.3 is 4.52 Å². The lowest BCUT2D eigenvalue weighted by Crippen LogP contribution is -2.24. The third kappa shape index (κ3) is 4.06. The predicted molar refractivity (Wildman–Crippen MR) is 125 cm³/mol. The maximum atomic E-state index is 13.2. The number of nitrogens with zero attached hydrogens (tertiary/aromatic N) is 7. The Labute approximate surface area is 196 Å². The van der Waals surface area contributed by atoms with Gasteiger partial charge >= 0.3 is 0 Å². The number of rotatable bonds is 9. The van der Waals surface area contributed by atoms with E-state index in [1.165, 1.54) is 0 Å². The SMILES string of the molecule is CCCCCn1c2c(c(=O)n3c(CCc4nc(Cc5ccsc5)no4)nnc13)CC(Br)=N2. The summed E-state index contributed by atoms with van der Waals surface area (Å²) in [5, 5.41) is 16.9. The van der Waals surface area contributed by atoms with Crippen molar-refractivity contribution >= 4 is 43.5 Å². The summed E-state index contributed by atoms with van der Waals surface area (Å²) in [4.78, 5) is 22.3. The number of aliphatic imine (C=N–C) groups is 1. The van der Waals surface area contributed by atoms with Crippen LogP contribution in [0.4, 0.5) is 5.82 Å². The van der Waals surface area contributed by atoms with Gasteiger partial charge in [-0.25, -0.2) is 9.39 Å². The molecule has 0 bridgehead atoms. The second kappa shape index (κ2) is 9.07. The molecule has 0 N–H and O–H groups in total. The van der Waals surface area contributed by atoms with E-state index in [-0.39, 0.29) is 5.56 Å². The molecule has 5 rings (SSSR count). The third-order valence-corrected chi connectivity index (χ3v) is 6.68. The van der Waals surface area contributed by atoms with Gasteiger partial charge in [0.2, 0.25) is 11.7 Å². The number of hydrogen-bond acceptors (Lipinski definition) is 8. The first-order valence-corrected chi connectivity index (χ1v) is 12.4. The molecule has 0 amide bonds. The van der Waals surface area contributed by atoms with Crippen molar-refractivity contribution in [2.45, 2.75) is 58.4 Å². The van der Waals surface area contributed by atoms with Gasteiger partial charge in [-0.2, -0.15) is 16.3 Å². The molecule has 11 heteroatoms. The van der Waals surface area contributed by atoms with Crippen LogP contribution in [0.2, 0.25) is 0 Å². The summed E-state index contributed by atoms with van der Waals surface area (Å²) in [6, 6.07) is 2.05. The van der Waals surface area contributed by atoms with Crippen LogP contribution in [0.15, 0.2) is 31.1 Å². The number of aryl methyl sites for hydroxylation is 3. The van der Waals surface area contributed by atoms with Crippen LogP contribution < -0.4 is 5.56 Å². The van der Waals surface area contributed by atoms with Gasteiger partial charge in [-0.1, -0.05) is 24.9 Å². The molecule has 1 aliphatic heterocycles. The molecule has 0 unspecified atom stereocenters. The number of halogens is 1. The van der Waals surface area contributed by atoms with E-state index in [0.29, 0.717) is 60.4 Å². The van der Waals surface area contributed by atoms with Crippen LogP contribution in [-0.4, -0.2) is 33.9 Å². The zero-order valence-corrected chi connectivity index (χ0v) is 20.0. The number of aromatic nitrogens is 6. The summed E-state index contributed by atoms with van der Waals surface area (Å²) in [6.07, 6.45) is 5.31. The first kappa shape index (κ1) is 21.2. The standard InChI is InChI=1S/C21H22BrN7O2S/c1-2-3-4-8-28-19-14(11-15(22)23-19)20(30)29-17(25-26-21(28)29)5-6-18-24-16(27-31-18)10-13-7-9-32-12-13/h7,9,12H,2-6,8,10-11H2,1H3. The Hall–Kier alpha value is -2.66. The van der Waals surface area contributed by atoms with Crippen LogP contribution in [0.1, 0.15) is 54.9 Å². The molecule has 1 aliphatic rings. The normalized spacial score (nSPS) is 13.1. The fourth-order valence-electron chi connectivity index (χ4n) is 3.91. The van der Waals surface area contributed by atoms with Crippen molar-refractivity contribution in [1.82, 2.24) is 29.3 Å². The molecule has 0 radical (unpaired) electrons. The molecule has 32 heavy (non-hydrogen) atoms. The van der Waals surface area contributed by atoms with Crippen LogP contribution >= 0.6 is 27.3 Å². The Morgan fingerprint density at radius 2 is 2.16 bits per heavy atom. The smallest absolute Gasteiger partial charge is 0.266 e. The summed E-state index contributed by atoms with van der Waals surface area (Å²) in [5.74, 6) is 3.01. The molecule has 9 nitrogen and oxygen atoms in total. The fourth-order valence-corrected chi connectivity index (χ4v) is 5.02. The lowest BCUT2D eigenvalue weighted by atomic mass is 10.2. The molecular formula is C21H22BrN7O2S. The quantitative estimate of drug-likeness (QED) is 0.313. The van der Waals surface area contributed by atoms with Gasteiger partial charge in [0.25, 0.3) is 5.56 Å². The van der Waals surface area contributed by atoms with Crippen LogP contribution in [0.5, 0.6) is 0 Å². The summed E-state index contributed by atoms with van der Waals surface area (Å²) in [5.41, 5.74) is 1.73. The summed E-state index contributed by atoms with van der Waals surface area (Å²) >= 11 is 5.10. The number of thiophene rings is 1. The van der Waals surface area contributed by atoms with Gasteiger partial charge in [0.1, 0.15) is 11.6 Å². The summed E-state index contributed by atoms with van der Waals surface area (Å²) in [7, 11) is 0. The van der Waals surface area contributed by atoms with Crippen LogP contribution in [-0.2, 0) is 32.2 Å².